The van der Waals surface area contributed by atoms with E-state index in [1.165, 1.54) is 0 Å². The second-order valence-corrected chi connectivity index (χ2v) is 7.84. The van der Waals surface area contributed by atoms with Crippen molar-refractivity contribution in [3.8, 4) is 0 Å². The third-order valence-electron chi connectivity index (χ3n) is 3.02. The van der Waals surface area contributed by atoms with Crippen molar-refractivity contribution in [2.24, 2.45) is 5.73 Å². The van der Waals surface area contributed by atoms with Gasteiger partial charge < -0.3 is 5.73 Å². The molecule has 0 bridgehead atoms. The minimum atomic E-state index is -3.26. The van der Waals surface area contributed by atoms with Gasteiger partial charge in [-0.05, 0) is 36.0 Å². The average molecular weight is 269 g/mol. The van der Waals surface area contributed by atoms with Gasteiger partial charge in [0.25, 0.3) is 0 Å². The molecular formula is C14H23NO2S. The van der Waals surface area contributed by atoms with Crippen LogP contribution in [0.25, 0.3) is 0 Å². The largest absolute Gasteiger partial charge is 0.329 e. The quantitative estimate of drug-likeness (QED) is 0.916. The summed E-state index contributed by atoms with van der Waals surface area (Å²) in [6, 6.07) is 3.94. The molecule has 0 aliphatic rings. The molecule has 1 aromatic rings. The molecule has 0 heterocycles. The SMILES string of the molecule is Cc1cc(C(C)(C)C)cc(C)c1S(=O)(=O)CCN. The zero-order chi connectivity index (χ0) is 14.1. The van der Waals surface area contributed by atoms with E-state index in [4.69, 9.17) is 5.73 Å². The molecule has 0 saturated heterocycles. The lowest BCUT2D eigenvalue weighted by atomic mass is 9.85. The first-order valence-corrected chi connectivity index (χ1v) is 7.79. The first kappa shape index (κ1) is 15.2. The first-order valence-electron chi connectivity index (χ1n) is 6.14. The van der Waals surface area contributed by atoms with Gasteiger partial charge in [-0.1, -0.05) is 32.9 Å². The van der Waals surface area contributed by atoms with Gasteiger partial charge >= 0.3 is 0 Å². The van der Waals surface area contributed by atoms with E-state index in [9.17, 15) is 8.42 Å². The molecule has 2 N–H and O–H groups in total. The Kier molecular flexibility index (Phi) is 4.23. The monoisotopic (exact) mass is 269 g/mol. The zero-order valence-electron chi connectivity index (χ0n) is 11.9. The van der Waals surface area contributed by atoms with Gasteiger partial charge in [-0.25, -0.2) is 8.42 Å². The van der Waals surface area contributed by atoms with Crippen LogP contribution in [0.5, 0.6) is 0 Å². The Morgan fingerprint density at radius 1 is 1.11 bits per heavy atom. The lowest BCUT2D eigenvalue weighted by Gasteiger charge is -2.22. The van der Waals surface area contributed by atoms with E-state index < -0.39 is 9.84 Å². The Morgan fingerprint density at radius 2 is 1.56 bits per heavy atom. The van der Waals surface area contributed by atoms with Gasteiger partial charge in [0.2, 0.25) is 0 Å². The van der Waals surface area contributed by atoms with Crippen molar-refractivity contribution in [3.63, 3.8) is 0 Å². The predicted molar refractivity (Wildman–Crippen MR) is 75.7 cm³/mol. The van der Waals surface area contributed by atoms with Crippen molar-refractivity contribution in [3.05, 3.63) is 28.8 Å². The third kappa shape index (κ3) is 3.12. The molecule has 1 aromatic carbocycles. The van der Waals surface area contributed by atoms with Crippen LogP contribution in [-0.2, 0) is 15.3 Å². The van der Waals surface area contributed by atoms with Crippen LogP contribution in [0.1, 0.15) is 37.5 Å². The summed E-state index contributed by atoms with van der Waals surface area (Å²) >= 11 is 0. The van der Waals surface area contributed by atoms with Crippen LogP contribution in [0.2, 0.25) is 0 Å². The van der Waals surface area contributed by atoms with Crippen molar-refractivity contribution in [2.45, 2.75) is 44.9 Å². The second-order valence-electron chi connectivity index (χ2n) is 5.80. The van der Waals surface area contributed by atoms with Crippen molar-refractivity contribution in [1.29, 1.82) is 0 Å². The Bertz CT molecular complexity index is 516. The van der Waals surface area contributed by atoms with Gasteiger partial charge in [0.05, 0.1) is 10.6 Å². The maximum absolute atomic E-state index is 12.2. The number of aryl methyl sites for hydroxylation is 2. The highest BCUT2D eigenvalue weighted by Crippen LogP contribution is 2.29. The summed E-state index contributed by atoms with van der Waals surface area (Å²) in [6.45, 7) is 10.2. The van der Waals surface area contributed by atoms with E-state index in [0.717, 1.165) is 16.7 Å². The van der Waals surface area contributed by atoms with Gasteiger partial charge in [-0.15, -0.1) is 0 Å². The lowest BCUT2D eigenvalue weighted by Crippen LogP contribution is -2.19. The standard InChI is InChI=1S/C14H23NO2S/c1-10-8-12(14(3,4)5)9-11(2)13(10)18(16,17)7-6-15/h8-9H,6-7,15H2,1-5H3. The van der Waals surface area contributed by atoms with Gasteiger partial charge in [-0.3, -0.25) is 0 Å². The predicted octanol–water partition coefficient (Wildman–Crippen LogP) is 2.33. The fourth-order valence-corrected chi connectivity index (χ4v) is 3.74. The summed E-state index contributed by atoms with van der Waals surface area (Å²) < 4.78 is 24.3. The highest BCUT2D eigenvalue weighted by Gasteiger charge is 2.22. The maximum Gasteiger partial charge on any atom is 0.180 e. The molecule has 0 aromatic heterocycles. The number of hydrogen-bond acceptors (Lipinski definition) is 3. The number of hydrogen-bond donors (Lipinski definition) is 1. The molecule has 4 heteroatoms. The van der Waals surface area contributed by atoms with E-state index in [0.29, 0.717) is 4.90 Å². The van der Waals surface area contributed by atoms with Crippen LogP contribution in [0.15, 0.2) is 17.0 Å². The highest BCUT2D eigenvalue weighted by molar-refractivity contribution is 7.91. The molecule has 18 heavy (non-hydrogen) atoms. The van der Waals surface area contributed by atoms with E-state index in [1.54, 1.807) is 0 Å². The summed E-state index contributed by atoms with van der Waals surface area (Å²) in [6.07, 6.45) is 0. The molecule has 0 spiro atoms. The van der Waals surface area contributed by atoms with Crippen LogP contribution >= 0.6 is 0 Å². The smallest absolute Gasteiger partial charge is 0.180 e. The molecule has 0 aliphatic carbocycles. The second kappa shape index (κ2) is 5.02. The van der Waals surface area contributed by atoms with Crippen LogP contribution < -0.4 is 5.73 Å². The number of rotatable bonds is 3. The summed E-state index contributed by atoms with van der Waals surface area (Å²) in [5.74, 6) is 0.00352. The topological polar surface area (TPSA) is 60.2 Å². The molecule has 0 radical (unpaired) electrons. The summed E-state index contributed by atoms with van der Waals surface area (Å²) in [5.41, 5.74) is 8.17. The fraction of sp³-hybridized carbons (Fsp3) is 0.571. The van der Waals surface area contributed by atoms with Crippen molar-refractivity contribution in [2.75, 3.05) is 12.3 Å². The molecular weight excluding hydrogens is 246 g/mol. The Labute approximate surface area is 110 Å². The number of nitrogens with two attached hydrogens (primary N) is 1. The molecule has 0 unspecified atom stereocenters. The van der Waals surface area contributed by atoms with Gasteiger partial charge in [-0.2, -0.15) is 0 Å². The van der Waals surface area contributed by atoms with Crippen molar-refractivity contribution < 1.29 is 8.42 Å². The van der Waals surface area contributed by atoms with Gasteiger partial charge in [0.1, 0.15) is 0 Å². The Morgan fingerprint density at radius 3 is 1.89 bits per heavy atom. The van der Waals surface area contributed by atoms with E-state index in [1.807, 2.05) is 26.0 Å². The molecule has 0 fully saturated rings. The minimum absolute atomic E-state index is 0.00352. The number of sulfone groups is 1. The zero-order valence-corrected chi connectivity index (χ0v) is 12.7. The average Bonchev–Trinajstić information content (AvgIpc) is 2.13. The lowest BCUT2D eigenvalue weighted by molar-refractivity contribution is 0.583. The molecule has 0 saturated carbocycles. The fourth-order valence-electron chi connectivity index (χ4n) is 2.13. The Hall–Kier alpha value is -0.870. The summed E-state index contributed by atoms with van der Waals surface area (Å²) in [7, 11) is -3.26. The Balaban J connectivity index is 3.43. The summed E-state index contributed by atoms with van der Waals surface area (Å²) in [4.78, 5) is 0.445. The molecule has 0 atom stereocenters. The molecule has 102 valence electrons. The van der Waals surface area contributed by atoms with E-state index >= 15 is 0 Å². The molecule has 3 nitrogen and oxygen atoms in total. The highest BCUT2D eigenvalue weighted by atomic mass is 32.2. The number of benzene rings is 1. The first-order chi connectivity index (χ1) is 8.09. The van der Waals surface area contributed by atoms with Crippen molar-refractivity contribution in [1.82, 2.24) is 0 Å². The van der Waals surface area contributed by atoms with Crippen LogP contribution in [0.4, 0.5) is 0 Å². The van der Waals surface area contributed by atoms with Crippen LogP contribution in [0, 0.1) is 13.8 Å². The van der Waals surface area contributed by atoms with Gasteiger partial charge in [0, 0.05) is 6.54 Å². The van der Waals surface area contributed by atoms with E-state index in [-0.39, 0.29) is 17.7 Å². The van der Waals surface area contributed by atoms with Gasteiger partial charge in [0.15, 0.2) is 9.84 Å². The molecule has 0 amide bonds. The summed E-state index contributed by atoms with van der Waals surface area (Å²) in [5, 5.41) is 0. The maximum atomic E-state index is 12.2. The van der Waals surface area contributed by atoms with Crippen LogP contribution in [-0.4, -0.2) is 20.7 Å². The van der Waals surface area contributed by atoms with Crippen molar-refractivity contribution >= 4 is 9.84 Å². The normalized spacial score (nSPS) is 12.8. The molecule has 0 aliphatic heterocycles. The van der Waals surface area contributed by atoms with Crippen LogP contribution in [0.3, 0.4) is 0 Å². The molecule has 1 rings (SSSR count). The third-order valence-corrected chi connectivity index (χ3v) is 5.06. The van der Waals surface area contributed by atoms with E-state index in [2.05, 4.69) is 20.8 Å². The minimum Gasteiger partial charge on any atom is -0.329 e.